The Morgan fingerprint density at radius 2 is 2.00 bits per heavy atom. The average Bonchev–Trinajstić information content (AvgIpc) is 2.28. The fourth-order valence-corrected chi connectivity index (χ4v) is 3.40. The molecule has 1 saturated carbocycles. The number of carbonyl (C=O) groups excluding carboxylic acids is 1. The van der Waals surface area contributed by atoms with Gasteiger partial charge in [-0.1, -0.05) is 24.8 Å². The van der Waals surface area contributed by atoms with E-state index in [1.54, 1.807) is 6.08 Å². The fourth-order valence-electron chi connectivity index (χ4n) is 3.40. The lowest BCUT2D eigenvalue weighted by atomic mass is 9.75. The van der Waals surface area contributed by atoms with Gasteiger partial charge in [0.2, 0.25) is 5.91 Å². The van der Waals surface area contributed by atoms with Gasteiger partial charge in [-0.25, -0.2) is 0 Å². The Hall–Kier alpha value is -0.830. The highest BCUT2D eigenvalue weighted by molar-refractivity contribution is 5.88. The molecule has 1 atom stereocenters. The van der Waals surface area contributed by atoms with Crippen molar-refractivity contribution in [2.24, 2.45) is 0 Å². The van der Waals surface area contributed by atoms with Crippen LogP contribution >= 0.6 is 0 Å². The van der Waals surface area contributed by atoms with E-state index in [1.165, 1.54) is 32.1 Å². The Balaban J connectivity index is 1.90. The predicted octanol–water partition coefficient (Wildman–Crippen LogP) is 2.52. The van der Waals surface area contributed by atoms with E-state index in [-0.39, 0.29) is 5.91 Å². The molecular weight excluding hydrogens is 224 g/mol. The van der Waals surface area contributed by atoms with Crippen LogP contribution in [-0.2, 0) is 4.79 Å². The van der Waals surface area contributed by atoms with E-state index in [2.05, 4.69) is 10.6 Å². The minimum Gasteiger partial charge on any atom is -0.350 e. The molecule has 102 valence electrons. The van der Waals surface area contributed by atoms with Crippen molar-refractivity contribution in [2.75, 3.05) is 6.54 Å². The largest absolute Gasteiger partial charge is 0.350 e. The summed E-state index contributed by atoms with van der Waals surface area (Å²) >= 11 is 0. The Labute approximate surface area is 110 Å². The van der Waals surface area contributed by atoms with Crippen LogP contribution in [0.4, 0.5) is 0 Å². The Kier molecular flexibility index (Phi) is 4.44. The van der Waals surface area contributed by atoms with E-state index in [9.17, 15) is 4.79 Å². The summed E-state index contributed by atoms with van der Waals surface area (Å²) < 4.78 is 0. The molecule has 3 nitrogen and oxygen atoms in total. The van der Waals surface area contributed by atoms with Crippen LogP contribution < -0.4 is 10.6 Å². The molecule has 2 rings (SSSR count). The summed E-state index contributed by atoms with van der Waals surface area (Å²) in [6, 6.07) is 0.354. The monoisotopic (exact) mass is 250 g/mol. The first kappa shape index (κ1) is 13.6. The molecule has 2 N–H and O–H groups in total. The lowest BCUT2D eigenvalue weighted by molar-refractivity contribution is -0.117. The van der Waals surface area contributed by atoms with Gasteiger partial charge in [-0.2, -0.15) is 0 Å². The van der Waals surface area contributed by atoms with Gasteiger partial charge in [0.25, 0.3) is 0 Å². The van der Waals surface area contributed by atoms with Gasteiger partial charge in [0, 0.05) is 17.7 Å². The lowest BCUT2D eigenvalue weighted by Crippen LogP contribution is -2.56. The van der Waals surface area contributed by atoms with Gasteiger partial charge in [-0.15, -0.1) is 0 Å². The van der Waals surface area contributed by atoms with Gasteiger partial charge < -0.3 is 10.6 Å². The van der Waals surface area contributed by atoms with Gasteiger partial charge in [-0.05, 0) is 46.1 Å². The first-order valence-electron chi connectivity index (χ1n) is 7.30. The molecule has 0 radical (unpaired) electrons. The van der Waals surface area contributed by atoms with Crippen molar-refractivity contribution in [2.45, 2.75) is 70.4 Å². The van der Waals surface area contributed by atoms with E-state index in [0.29, 0.717) is 11.6 Å². The van der Waals surface area contributed by atoms with Crippen molar-refractivity contribution in [1.29, 1.82) is 0 Å². The summed E-state index contributed by atoms with van der Waals surface area (Å²) in [5.74, 6) is 0.0767. The number of rotatable bonds is 2. The van der Waals surface area contributed by atoms with E-state index in [1.807, 2.05) is 13.8 Å². The van der Waals surface area contributed by atoms with Crippen LogP contribution in [0.25, 0.3) is 0 Å². The maximum absolute atomic E-state index is 11.8. The maximum Gasteiger partial charge on any atom is 0.244 e. The molecule has 1 unspecified atom stereocenters. The minimum atomic E-state index is 0.0767. The molecule has 0 aromatic heterocycles. The Morgan fingerprint density at radius 3 is 2.67 bits per heavy atom. The average molecular weight is 250 g/mol. The normalized spacial score (nSPS) is 26.7. The molecule has 1 aliphatic heterocycles. The Bertz CT molecular complexity index is 320. The zero-order chi connectivity index (χ0) is 13.0. The molecule has 3 heteroatoms. The van der Waals surface area contributed by atoms with Crippen LogP contribution in [0.3, 0.4) is 0 Å². The minimum absolute atomic E-state index is 0.0767. The summed E-state index contributed by atoms with van der Waals surface area (Å²) in [6.45, 7) is 4.97. The molecule has 0 bridgehead atoms. The molecule has 1 aliphatic carbocycles. The molecule has 0 aromatic rings. The second kappa shape index (κ2) is 5.87. The van der Waals surface area contributed by atoms with Gasteiger partial charge in [0.05, 0.1) is 0 Å². The smallest absolute Gasteiger partial charge is 0.244 e. The van der Waals surface area contributed by atoms with E-state index in [0.717, 1.165) is 25.0 Å². The van der Waals surface area contributed by atoms with Crippen molar-refractivity contribution in [3.63, 3.8) is 0 Å². The maximum atomic E-state index is 11.8. The summed E-state index contributed by atoms with van der Waals surface area (Å²) in [6.07, 6.45) is 10.5. The predicted molar refractivity (Wildman–Crippen MR) is 74.4 cm³/mol. The lowest BCUT2D eigenvalue weighted by Gasteiger charge is -2.44. The summed E-state index contributed by atoms with van der Waals surface area (Å²) in [4.78, 5) is 11.8. The highest BCUT2D eigenvalue weighted by Crippen LogP contribution is 2.34. The first-order chi connectivity index (χ1) is 8.60. The van der Waals surface area contributed by atoms with Gasteiger partial charge in [-0.3, -0.25) is 4.79 Å². The zero-order valence-electron chi connectivity index (χ0n) is 11.7. The molecule has 2 fully saturated rings. The summed E-state index contributed by atoms with van der Waals surface area (Å²) in [5, 5.41) is 6.88. The van der Waals surface area contributed by atoms with Crippen LogP contribution in [0, 0.1) is 0 Å². The molecule has 1 saturated heterocycles. The number of hydrogen-bond donors (Lipinski definition) is 2. The molecule has 1 amide bonds. The molecule has 18 heavy (non-hydrogen) atoms. The van der Waals surface area contributed by atoms with Crippen LogP contribution in [0.15, 0.2) is 11.6 Å². The summed E-state index contributed by atoms with van der Waals surface area (Å²) in [5.41, 5.74) is 1.38. The number of amides is 1. The third-order valence-electron chi connectivity index (χ3n) is 4.21. The molecule has 1 spiro atoms. The SMILES string of the molecule is CC(C)=CC(=O)NC1CCNC2(CCCCC2)C1. The van der Waals surface area contributed by atoms with Crippen molar-refractivity contribution in [3.8, 4) is 0 Å². The van der Waals surface area contributed by atoms with Crippen LogP contribution in [-0.4, -0.2) is 24.0 Å². The third-order valence-corrected chi connectivity index (χ3v) is 4.21. The second-order valence-electron chi connectivity index (χ2n) is 6.19. The third kappa shape index (κ3) is 3.58. The van der Waals surface area contributed by atoms with Crippen molar-refractivity contribution in [1.82, 2.24) is 10.6 Å². The topological polar surface area (TPSA) is 41.1 Å². The van der Waals surface area contributed by atoms with E-state index >= 15 is 0 Å². The number of piperidine rings is 1. The number of allylic oxidation sites excluding steroid dienone is 1. The van der Waals surface area contributed by atoms with Gasteiger partial charge in [0.15, 0.2) is 0 Å². The summed E-state index contributed by atoms with van der Waals surface area (Å²) in [7, 11) is 0. The highest BCUT2D eigenvalue weighted by atomic mass is 16.1. The molecule has 0 aromatic carbocycles. The highest BCUT2D eigenvalue weighted by Gasteiger charge is 2.37. The first-order valence-corrected chi connectivity index (χ1v) is 7.30. The molecular formula is C15H26N2O. The van der Waals surface area contributed by atoms with E-state index in [4.69, 9.17) is 0 Å². The number of nitrogens with one attached hydrogen (secondary N) is 2. The van der Waals surface area contributed by atoms with Crippen molar-refractivity contribution < 1.29 is 4.79 Å². The molecule has 1 heterocycles. The number of hydrogen-bond acceptors (Lipinski definition) is 2. The van der Waals surface area contributed by atoms with Crippen LogP contribution in [0.2, 0.25) is 0 Å². The zero-order valence-corrected chi connectivity index (χ0v) is 11.7. The fraction of sp³-hybridized carbons (Fsp3) is 0.800. The van der Waals surface area contributed by atoms with Crippen molar-refractivity contribution in [3.05, 3.63) is 11.6 Å². The van der Waals surface area contributed by atoms with Gasteiger partial charge >= 0.3 is 0 Å². The second-order valence-corrected chi connectivity index (χ2v) is 6.19. The van der Waals surface area contributed by atoms with Crippen LogP contribution in [0.1, 0.15) is 58.8 Å². The van der Waals surface area contributed by atoms with Gasteiger partial charge in [0.1, 0.15) is 0 Å². The quantitative estimate of drug-likeness (QED) is 0.739. The van der Waals surface area contributed by atoms with Crippen LogP contribution in [0.5, 0.6) is 0 Å². The number of carbonyl (C=O) groups is 1. The standard InChI is InChI=1S/C15H26N2O/c1-12(2)10-14(18)17-13-6-9-16-15(11-13)7-4-3-5-8-15/h10,13,16H,3-9,11H2,1-2H3,(H,17,18). The Morgan fingerprint density at radius 1 is 1.28 bits per heavy atom. The van der Waals surface area contributed by atoms with Crippen molar-refractivity contribution >= 4 is 5.91 Å². The molecule has 2 aliphatic rings. The van der Waals surface area contributed by atoms with E-state index < -0.39 is 0 Å².